The van der Waals surface area contributed by atoms with E-state index in [4.69, 9.17) is 0 Å². The number of carbonyl (C=O) groups is 2. The number of amides is 2. The van der Waals surface area contributed by atoms with Crippen LogP contribution in [0.3, 0.4) is 0 Å². The normalized spacial score (nSPS) is 12.5. The molecule has 2 amide bonds. The summed E-state index contributed by atoms with van der Waals surface area (Å²) in [4.78, 5) is 23.1. The highest BCUT2D eigenvalue weighted by Crippen LogP contribution is 2.07. The van der Waals surface area contributed by atoms with Crippen LogP contribution in [0.4, 0.5) is 0 Å². The molecule has 1 aromatic carbocycles. The number of nitrogens with one attached hydrogen (secondary N) is 2. The van der Waals surface area contributed by atoms with Crippen LogP contribution in [0.15, 0.2) is 35.2 Å². The van der Waals surface area contributed by atoms with Gasteiger partial charge in [-0.3, -0.25) is 9.59 Å². The van der Waals surface area contributed by atoms with Crippen molar-refractivity contribution in [1.29, 1.82) is 0 Å². The van der Waals surface area contributed by atoms with Gasteiger partial charge in [0.05, 0.1) is 4.90 Å². The Morgan fingerprint density at radius 3 is 2.24 bits per heavy atom. The number of rotatable bonds is 7. The summed E-state index contributed by atoms with van der Waals surface area (Å²) in [6.45, 7) is 3.79. The summed E-state index contributed by atoms with van der Waals surface area (Å²) in [6, 6.07) is 7.64. The first kappa shape index (κ1) is 17.2. The highest BCUT2D eigenvalue weighted by Gasteiger charge is 2.17. The van der Waals surface area contributed by atoms with E-state index in [2.05, 4.69) is 5.32 Å². The van der Waals surface area contributed by atoms with E-state index in [0.717, 1.165) is 6.42 Å². The van der Waals surface area contributed by atoms with Crippen LogP contribution in [0.5, 0.6) is 0 Å². The lowest BCUT2D eigenvalue weighted by Gasteiger charge is -2.11. The maximum Gasteiger partial charge on any atom is 0.264 e. The first-order valence-electron chi connectivity index (χ1n) is 6.75. The van der Waals surface area contributed by atoms with Crippen molar-refractivity contribution in [2.45, 2.75) is 44.0 Å². The van der Waals surface area contributed by atoms with Crippen molar-refractivity contribution in [3.63, 3.8) is 0 Å². The highest BCUT2D eigenvalue weighted by molar-refractivity contribution is 7.90. The lowest BCUT2D eigenvalue weighted by molar-refractivity contribution is -0.126. The second-order valence-electron chi connectivity index (χ2n) is 4.72. The topological polar surface area (TPSA) is 92.3 Å². The Labute approximate surface area is 125 Å². The van der Waals surface area contributed by atoms with Gasteiger partial charge >= 0.3 is 0 Å². The lowest BCUT2D eigenvalue weighted by Crippen LogP contribution is -2.34. The molecule has 0 aliphatic heterocycles. The fourth-order valence-electron chi connectivity index (χ4n) is 1.54. The van der Waals surface area contributed by atoms with E-state index in [1.165, 1.54) is 12.1 Å². The Morgan fingerprint density at radius 2 is 1.67 bits per heavy atom. The van der Waals surface area contributed by atoms with Gasteiger partial charge in [-0.15, -0.1) is 0 Å². The molecule has 0 bridgehead atoms. The van der Waals surface area contributed by atoms with Crippen molar-refractivity contribution < 1.29 is 18.0 Å². The molecule has 7 heteroatoms. The summed E-state index contributed by atoms with van der Waals surface area (Å²) in [5.74, 6) is -0.963. The van der Waals surface area contributed by atoms with Gasteiger partial charge in [0.25, 0.3) is 10.0 Å². The summed E-state index contributed by atoms with van der Waals surface area (Å²) in [7, 11) is -3.87. The second kappa shape index (κ2) is 7.78. The summed E-state index contributed by atoms with van der Waals surface area (Å²) >= 11 is 0. The molecule has 0 unspecified atom stereocenters. The Hall–Kier alpha value is -1.89. The SMILES string of the molecule is CC[C@@H](C)NC(=O)CCC(=O)NS(=O)(=O)c1ccccc1. The zero-order valence-electron chi connectivity index (χ0n) is 12.1. The monoisotopic (exact) mass is 312 g/mol. The highest BCUT2D eigenvalue weighted by atomic mass is 32.2. The number of hydrogen-bond acceptors (Lipinski definition) is 4. The molecule has 0 saturated carbocycles. The van der Waals surface area contributed by atoms with E-state index < -0.39 is 15.9 Å². The molecule has 0 aliphatic rings. The molecule has 0 radical (unpaired) electrons. The van der Waals surface area contributed by atoms with Crippen LogP contribution < -0.4 is 10.0 Å². The summed E-state index contributed by atoms with van der Waals surface area (Å²) in [5, 5.41) is 2.71. The van der Waals surface area contributed by atoms with Gasteiger partial charge in [0.1, 0.15) is 0 Å². The van der Waals surface area contributed by atoms with Gasteiger partial charge in [-0.05, 0) is 25.5 Å². The maximum absolute atomic E-state index is 11.9. The molecule has 0 aromatic heterocycles. The van der Waals surface area contributed by atoms with E-state index in [-0.39, 0.29) is 29.7 Å². The number of hydrogen-bond donors (Lipinski definition) is 2. The van der Waals surface area contributed by atoms with E-state index in [1.807, 2.05) is 18.6 Å². The van der Waals surface area contributed by atoms with E-state index >= 15 is 0 Å². The Kier molecular flexibility index (Phi) is 6.36. The second-order valence-corrected chi connectivity index (χ2v) is 6.40. The zero-order valence-corrected chi connectivity index (χ0v) is 12.9. The third-order valence-corrected chi connectivity index (χ3v) is 4.29. The van der Waals surface area contributed by atoms with Gasteiger partial charge < -0.3 is 5.32 Å². The van der Waals surface area contributed by atoms with Crippen molar-refractivity contribution in [2.75, 3.05) is 0 Å². The Bertz CT molecular complexity index is 584. The van der Waals surface area contributed by atoms with Crippen LogP contribution in [0.2, 0.25) is 0 Å². The van der Waals surface area contributed by atoms with Gasteiger partial charge in [0, 0.05) is 18.9 Å². The van der Waals surface area contributed by atoms with Crippen LogP contribution >= 0.6 is 0 Å². The summed E-state index contributed by atoms with van der Waals surface area (Å²) in [6.07, 6.45) is 0.579. The van der Waals surface area contributed by atoms with Crippen molar-refractivity contribution in [3.05, 3.63) is 30.3 Å². The first-order chi connectivity index (χ1) is 9.85. The molecule has 0 fully saturated rings. The van der Waals surface area contributed by atoms with Gasteiger partial charge in [0.15, 0.2) is 0 Å². The van der Waals surface area contributed by atoms with Crippen LogP contribution in [-0.2, 0) is 19.6 Å². The lowest BCUT2D eigenvalue weighted by atomic mass is 10.2. The molecule has 2 N–H and O–H groups in total. The van der Waals surface area contributed by atoms with Crippen LogP contribution in [0.1, 0.15) is 33.1 Å². The smallest absolute Gasteiger partial charge is 0.264 e. The molecule has 21 heavy (non-hydrogen) atoms. The molecule has 0 spiro atoms. The molecule has 0 saturated heterocycles. The van der Waals surface area contributed by atoms with E-state index in [0.29, 0.717) is 0 Å². The third kappa shape index (κ3) is 5.95. The molecule has 1 aromatic rings. The quantitative estimate of drug-likeness (QED) is 0.791. The molecular weight excluding hydrogens is 292 g/mol. The minimum atomic E-state index is -3.87. The van der Waals surface area contributed by atoms with E-state index in [9.17, 15) is 18.0 Å². The standard InChI is InChI=1S/C14H20N2O4S/c1-3-11(2)15-13(17)9-10-14(18)16-21(19,20)12-7-5-4-6-8-12/h4-8,11H,3,9-10H2,1-2H3,(H,15,17)(H,16,18)/t11-/m1/s1. The molecule has 116 valence electrons. The fraction of sp³-hybridized carbons (Fsp3) is 0.429. The zero-order chi connectivity index (χ0) is 15.9. The van der Waals surface area contributed by atoms with Crippen molar-refractivity contribution in [2.24, 2.45) is 0 Å². The van der Waals surface area contributed by atoms with Crippen molar-refractivity contribution in [3.8, 4) is 0 Å². The van der Waals surface area contributed by atoms with Gasteiger partial charge in [-0.2, -0.15) is 0 Å². The van der Waals surface area contributed by atoms with Gasteiger partial charge in [-0.25, -0.2) is 13.1 Å². The number of benzene rings is 1. The van der Waals surface area contributed by atoms with Crippen LogP contribution in [0.25, 0.3) is 0 Å². The minimum absolute atomic E-state index is 0.0161. The fourth-order valence-corrected chi connectivity index (χ4v) is 2.57. The molecule has 0 aliphatic carbocycles. The Morgan fingerprint density at radius 1 is 1.10 bits per heavy atom. The van der Waals surface area contributed by atoms with Gasteiger partial charge in [0.2, 0.25) is 11.8 Å². The molecule has 1 rings (SSSR count). The average molecular weight is 312 g/mol. The van der Waals surface area contributed by atoms with Gasteiger partial charge in [-0.1, -0.05) is 25.1 Å². The predicted octanol–water partition coefficient (Wildman–Crippen LogP) is 1.19. The average Bonchev–Trinajstić information content (AvgIpc) is 2.45. The molecule has 0 heterocycles. The van der Waals surface area contributed by atoms with E-state index in [1.54, 1.807) is 18.2 Å². The summed E-state index contributed by atoms with van der Waals surface area (Å²) in [5.41, 5.74) is 0. The molecule has 1 atom stereocenters. The minimum Gasteiger partial charge on any atom is -0.354 e. The first-order valence-corrected chi connectivity index (χ1v) is 8.23. The van der Waals surface area contributed by atoms with Crippen LogP contribution in [-0.4, -0.2) is 26.3 Å². The Balaban J connectivity index is 2.49. The number of carbonyl (C=O) groups excluding carboxylic acids is 2. The van der Waals surface area contributed by atoms with Crippen molar-refractivity contribution >= 4 is 21.8 Å². The molecule has 6 nitrogen and oxygen atoms in total. The third-order valence-electron chi connectivity index (χ3n) is 2.90. The largest absolute Gasteiger partial charge is 0.354 e. The van der Waals surface area contributed by atoms with Crippen LogP contribution in [0, 0.1) is 0 Å². The molecular formula is C14H20N2O4S. The summed E-state index contributed by atoms with van der Waals surface area (Å²) < 4.78 is 25.7. The number of sulfonamides is 1. The maximum atomic E-state index is 11.9. The predicted molar refractivity (Wildman–Crippen MR) is 78.9 cm³/mol. The van der Waals surface area contributed by atoms with Crippen molar-refractivity contribution in [1.82, 2.24) is 10.0 Å².